The number of methoxy groups -OCH3 is 1. The summed E-state index contributed by atoms with van der Waals surface area (Å²) in [7, 11) is 1.66. The Balaban J connectivity index is 1.33. The molecule has 180 valence electrons. The highest BCUT2D eigenvalue weighted by Gasteiger charge is 2.30. The van der Waals surface area contributed by atoms with Crippen molar-refractivity contribution in [3.05, 3.63) is 59.4 Å². The van der Waals surface area contributed by atoms with E-state index in [1.54, 1.807) is 13.4 Å². The summed E-state index contributed by atoms with van der Waals surface area (Å²) >= 11 is 0. The number of ether oxygens (including phenoxy) is 2. The monoisotopic (exact) mass is 470 g/mol. The van der Waals surface area contributed by atoms with Gasteiger partial charge in [0.25, 0.3) is 0 Å². The summed E-state index contributed by atoms with van der Waals surface area (Å²) in [4.78, 5) is 24.1. The molecule has 0 amide bonds. The van der Waals surface area contributed by atoms with Crippen molar-refractivity contribution in [3.8, 4) is 16.9 Å². The van der Waals surface area contributed by atoms with Crippen LogP contribution in [0.15, 0.2) is 36.8 Å². The Bertz CT molecular complexity index is 1400. The number of aryl methyl sites for hydroxylation is 1. The van der Waals surface area contributed by atoms with Gasteiger partial charge in [0.15, 0.2) is 5.65 Å². The van der Waals surface area contributed by atoms with Crippen LogP contribution < -0.4 is 9.64 Å². The van der Waals surface area contributed by atoms with Gasteiger partial charge in [0.05, 0.1) is 6.54 Å². The molecule has 0 saturated heterocycles. The second-order valence-electron chi connectivity index (χ2n) is 10.3. The minimum absolute atomic E-state index is 0.265. The molecule has 0 saturated carbocycles. The quantitative estimate of drug-likeness (QED) is 0.470. The lowest BCUT2D eigenvalue weighted by atomic mass is 9.76. The molecule has 6 rings (SSSR count). The van der Waals surface area contributed by atoms with Crippen molar-refractivity contribution in [1.82, 2.24) is 24.9 Å². The van der Waals surface area contributed by atoms with Crippen molar-refractivity contribution < 1.29 is 9.47 Å². The summed E-state index contributed by atoms with van der Waals surface area (Å²) in [5.74, 6) is 2.75. The molecule has 1 aliphatic carbocycles. The van der Waals surface area contributed by atoms with Crippen LogP contribution >= 0.6 is 0 Å². The Hall–Kier alpha value is -3.52. The zero-order valence-corrected chi connectivity index (χ0v) is 20.5. The zero-order chi connectivity index (χ0) is 24.0. The fourth-order valence-electron chi connectivity index (χ4n) is 5.19. The van der Waals surface area contributed by atoms with Crippen LogP contribution in [0.1, 0.15) is 42.9 Å². The van der Waals surface area contributed by atoms with E-state index in [0.29, 0.717) is 13.2 Å². The van der Waals surface area contributed by atoms with Crippen molar-refractivity contribution in [2.24, 2.45) is 5.41 Å². The van der Waals surface area contributed by atoms with Gasteiger partial charge in [0.2, 0.25) is 0 Å². The van der Waals surface area contributed by atoms with E-state index in [0.717, 1.165) is 77.6 Å². The first-order valence-electron chi connectivity index (χ1n) is 12.2. The van der Waals surface area contributed by atoms with Crippen molar-refractivity contribution in [2.75, 3.05) is 25.2 Å². The molecule has 0 spiro atoms. The van der Waals surface area contributed by atoms with Gasteiger partial charge in [-0.15, -0.1) is 0 Å². The molecule has 4 heterocycles. The van der Waals surface area contributed by atoms with Gasteiger partial charge in [-0.2, -0.15) is 0 Å². The average molecular weight is 471 g/mol. The Labute approximate surface area is 204 Å². The van der Waals surface area contributed by atoms with Gasteiger partial charge >= 0.3 is 0 Å². The lowest BCUT2D eigenvalue weighted by molar-refractivity contribution is 0.179. The minimum atomic E-state index is 0.265. The van der Waals surface area contributed by atoms with Crippen LogP contribution in [0.5, 0.6) is 5.75 Å². The van der Waals surface area contributed by atoms with Gasteiger partial charge in [-0.05, 0) is 48.4 Å². The van der Waals surface area contributed by atoms with E-state index in [-0.39, 0.29) is 5.41 Å². The first-order valence-corrected chi connectivity index (χ1v) is 12.2. The minimum Gasteiger partial charge on any atom is -0.491 e. The molecule has 4 aromatic rings. The van der Waals surface area contributed by atoms with Crippen molar-refractivity contribution in [1.29, 1.82) is 0 Å². The molecule has 1 aromatic carbocycles. The van der Waals surface area contributed by atoms with Gasteiger partial charge in [-0.3, -0.25) is 0 Å². The molecule has 8 nitrogen and oxygen atoms in total. The molecule has 1 aliphatic heterocycles. The number of pyridine rings is 1. The number of rotatable bonds is 4. The Morgan fingerprint density at radius 3 is 2.94 bits per heavy atom. The van der Waals surface area contributed by atoms with Gasteiger partial charge in [0.1, 0.15) is 42.4 Å². The molecular formula is C27H30N6O2. The Kier molecular flexibility index (Phi) is 5.40. The smallest absolute Gasteiger partial charge is 0.157 e. The predicted octanol–water partition coefficient (Wildman–Crippen LogP) is 4.48. The zero-order valence-electron chi connectivity index (χ0n) is 20.5. The Morgan fingerprint density at radius 1 is 1.14 bits per heavy atom. The first-order chi connectivity index (χ1) is 17.0. The molecule has 0 unspecified atom stereocenters. The predicted molar refractivity (Wildman–Crippen MR) is 134 cm³/mol. The van der Waals surface area contributed by atoms with Gasteiger partial charge < -0.3 is 19.4 Å². The van der Waals surface area contributed by atoms with E-state index in [2.05, 4.69) is 62.9 Å². The highest BCUT2D eigenvalue weighted by atomic mass is 16.5. The van der Waals surface area contributed by atoms with Gasteiger partial charge in [0, 0.05) is 42.2 Å². The summed E-state index contributed by atoms with van der Waals surface area (Å²) in [6.07, 6.45) is 6.78. The average Bonchev–Trinajstić information content (AvgIpc) is 3.12. The maximum Gasteiger partial charge on any atom is 0.157 e. The maximum atomic E-state index is 6.14. The number of benzene rings is 1. The molecule has 2 aliphatic rings. The van der Waals surface area contributed by atoms with Crippen LogP contribution in [0.3, 0.4) is 0 Å². The number of nitrogens with zero attached hydrogens (tertiary/aromatic N) is 5. The number of aromatic amines is 1. The summed E-state index contributed by atoms with van der Waals surface area (Å²) in [6, 6.07) is 8.43. The van der Waals surface area contributed by atoms with Crippen molar-refractivity contribution in [3.63, 3.8) is 0 Å². The van der Waals surface area contributed by atoms with Crippen LogP contribution in [0.2, 0.25) is 0 Å². The fourth-order valence-corrected chi connectivity index (χ4v) is 5.19. The van der Waals surface area contributed by atoms with Crippen LogP contribution in [-0.4, -0.2) is 45.2 Å². The van der Waals surface area contributed by atoms with Crippen molar-refractivity contribution >= 4 is 17.0 Å². The number of anilines is 1. The van der Waals surface area contributed by atoms with E-state index in [1.165, 1.54) is 11.3 Å². The number of fused-ring (bicyclic) bond motifs is 3. The van der Waals surface area contributed by atoms with E-state index in [1.807, 2.05) is 6.20 Å². The van der Waals surface area contributed by atoms with Crippen LogP contribution in [0.25, 0.3) is 22.3 Å². The van der Waals surface area contributed by atoms with Crippen molar-refractivity contribution in [2.45, 2.75) is 46.3 Å². The maximum absolute atomic E-state index is 6.14. The highest BCUT2D eigenvalue weighted by Crippen LogP contribution is 2.39. The molecule has 0 bridgehead atoms. The third-order valence-electron chi connectivity index (χ3n) is 7.05. The SMILES string of the molecule is COCc1nc2cc(-c3ccc4c(c3)CN(c3ncnc5c3CC(C)(C)CC5)CCO4)cnc2[nH]1. The van der Waals surface area contributed by atoms with E-state index < -0.39 is 0 Å². The largest absolute Gasteiger partial charge is 0.491 e. The Morgan fingerprint density at radius 2 is 2.06 bits per heavy atom. The topological polar surface area (TPSA) is 89.1 Å². The first kappa shape index (κ1) is 22.0. The molecule has 0 radical (unpaired) electrons. The van der Waals surface area contributed by atoms with E-state index in [9.17, 15) is 0 Å². The third-order valence-corrected chi connectivity index (χ3v) is 7.05. The third kappa shape index (κ3) is 4.23. The fraction of sp³-hybridized carbons (Fsp3) is 0.407. The molecule has 0 atom stereocenters. The molecule has 3 aromatic heterocycles. The number of aromatic nitrogens is 5. The number of imidazole rings is 1. The molecule has 8 heteroatoms. The molecule has 1 N–H and O–H groups in total. The number of hydrogen-bond acceptors (Lipinski definition) is 7. The lowest BCUT2D eigenvalue weighted by Gasteiger charge is -2.33. The summed E-state index contributed by atoms with van der Waals surface area (Å²) in [6.45, 7) is 7.25. The number of H-pyrrole nitrogens is 1. The summed E-state index contributed by atoms with van der Waals surface area (Å²) in [5.41, 5.74) is 7.60. The second-order valence-corrected chi connectivity index (χ2v) is 10.3. The van der Waals surface area contributed by atoms with Crippen LogP contribution in [0.4, 0.5) is 5.82 Å². The second kappa shape index (κ2) is 8.61. The number of nitrogens with one attached hydrogen (secondary N) is 1. The van der Waals surface area contributed by atoms with E-state index in [4.69, 9.17) is 14.5 Å². The number of hydrogen-bond donors (Lipinski definition) is 1. The summed E-state index contributed by atoms with van der Waals surface area (Å²) in [5, 5.41) is 0. The lowest BCUT2D eigenvalue weighted by Crippen LogP contribution is -2.31. The van der Waals surface area contributed by atoms with Crippen LogP contribution in [0, 0.1) is 5.41 Å². The molecule has 35 heavy (non-hydrogen) atoms. The normalized spacial score (nSPS) is 16.9. The van der Waals surface area contributed by atoms with Crippen LogP contribution in [-0.2, 0) is 30.7 Å². The standard InChI is InChI=1S/C27H30N6O2/c1-27(2)7-6-21-20(12-27)26(30-16-29-21)33-8-9-35-23-5-4-17(10-19(23)14-33)18-11-22-25(28-13-18)32-24(31-22)15-34-3/h4-5,10-11,13,16H,6-9,12,14-15H2,1-3H3,(H,28,31,32). The molecule has 0 fully saturated rings. The highest BCUT2D eigenvalue weighted by molar-refractivity contribution is 5.78. The summed E-state index contributed by atoms with van der Waals surface area (Å²) < 4.78 is 11.3. The molecular weight excluding hydrogens is 440 g/mol. The van der Waals surface area contributed by atoms with E-state index >= 15 is 0 Å². The van der Waals surface area contributed by atoms with Gasteiger partial charge in [-0.25, -0.2) is 19.9 Å². The van der Waals surface area contributed by atoms with Gasteiger partial charge in [-0.1, -0.05) is 19.9 Å².